The van der Waals surface area contributed by atoms with Crippen LogP contribution < -0.4 is 5.32 Å². The summed E-state index contributed by atoms with van der Waals surface area (Å²) >= 11 is 0. The Morgan fingerprint density at radius 3 is 2.83 bits per heavy atom. The van der Waals surface area contributed by atoms with Crippen LogP contribution in [-0.4, -0.2) is 5.78 Å². The fourth-order valence-corrected chi connectivity index (χ4v) is 1.47. The summed E-state index contributed by atoms with van der Waals surface area (Å²) in [6.07, 6.45) is 0. The Labute approximate surface area is 71.6 Å². The van der Waals surface area contributed by atoms with E-state index in [0.29, 0.717) is 5.56 Å². The highest BCUT2D eigenvalue weighted by Crippen LogP contribution is 2.16. The van der Waals surface area contributed by atoms with Gasteiger partial charge >= 0.3 is 0 Å². The minimum absolute atomic E-state index is 0.107. The van der Waals surface area contributed by atoms with Crippen LogP contribution in [0.1, 0.15) is 21.5 Å². The van der Waals surface area contributed by atoms with Gasteiger partial charge in [-0.1, -0.05) is 12.1 Å². The molecule has 0 aliphatic carbocycles. The number of hydrogen-bond acceptors (Lipinski definition) is 2. The van der Waals surface area contributed by atoms with Gasteiger partial charge in [0, 0.05) is 25.6 Å². The Balaban J connectivity index is 2.45. The number of carbonyl (C=O) groups excluding carboxylic acids is 1. The van der Waals surface area contributed by atoms with Crippen LogP contribution in [0.15, 0.2) is 18.2 Å². The lowest BCUT2D eigenvalue weighted by Gasteiger charge is -1.99. The molecule has 1 heterocycles. The molecule has 2 heteroatoms. The van der Waals surface area contributed by atoms with Crippen molar-refractivity contribution in [2.24, 2.45) is 0 Å². The molecule has 1 N–H and O–H groups in total. The van der Waals surface area contributed by atoms with Crippen molar-refractivity contribution in [1.82, 2.24) is 5.32 Å². The maximum Gasteiger partial charge on any atom is 0.163 e. The van der Waals surface area contributed by atoms with Gasteiger partial charge in [0.1, 0.15) is 0 Å². The second-order valence-electron chi connectivity index (χ2n) is 3.01. The van der Waals surface area contributed by atoms with Gasteiger partial charge < -0.3 is 5.32 Å². The average Bonchev–Trinajstić information content (AvgIpc) is 2.49. The summed E-state index contributed by atoms with van der Waals surface area (Å²) in [5, 5.41) is 3.22. The van der Waals surface area contributed by atoms with Gasteiger partial charge in [0.25, 0.3) is 0 Å². The highest BCUT2D eigenvalue weighted by atomic mass is 16.1. The van der Waals surface area contributed by atoms with Crippen LogP contribution in [0.5, 0.6) is 0 Å². The quantitative estimate of drug-likeness (QED) is 0.627. The summed E-state index contributed by atoms with van der Waals surface area (Å²) in [6.45, 7) is 5.16. The van der Waals surface area contributed by atoms with E-state index < -0.39 is 0 Å². The number of carbonyl (C=O) groups is 1. The fourth-order valence-electron chi connectivity index (χ4n) is 1.47. The smallest absolute Gasteiger partial charge is 0.163 e. The third kappa shape index (κ3) is 1.14. The van der Waals surface area contributed by atoms with Crippen LogP contribution in [-0.2, 0) is 13.1 Å². The summed E-state index contributed by atoms with van der Waals surface area (Å²) < 4.78 is 0. The lowest BCUT2D eigenvalue weighted by atomic mass is 10.0. The normalized spacial score (nSPS) is 14.4. The van der Waals surface area contributed by atoms with Crippen LogP contribution in [0.4, 0.5) is 0 Å². The Kier molecular flexibility index (Phi) is 1.70. The fraction of sp³-hybridized carbons (Fsp3) is 0.200. The maximum absolute atomic E-state index is 10.9. The number of ketones is 1. The Hall–Kier alpha value is -1.15. The molecule has 1 aliphatic heterocycles. The first-order valence-electron chi connectivity index (χ1n) is 3.96. The number of nitrogens with one attached hydrogen (secondary N) is 1. The third-order valence-electron chi connectivity index (χ3n) is 2.16. The minimum atomic E-state index is -0.107. The first-order valence-corrected chi connectivity index (χ1v) is 3.96. The summed E-state index contributed by atoms with van der Waals surface area (Å²) in [4.78, 5) is 10.9. The molecule has 1 aromatic carbocycles. The Morgan fingerprint density at radius 1 is 1.33 bits per heavy atom. The monoisotopic (exact) mass is 160 g/mol. The number of Topliss-reactive ketones (excluding diaryl/α,β-unsaturated/α-hetero) is 1. The van der Waals surface area contributed by atoms with E-state index >= 15 is 0 Å². The highest BCUT2D eigenvalue weighted by Gasteiger charge is 2.10. The van der Waals surface area contributed by atoms with E-state index in [1.165, 1.54) is 11.1 Å². The van der Waals surface area contributed by atoms with Crippen LogP contribution in [0, 0.1) is 6.92 Å². The predicted molar refractivity (Wildman–Crippen MR) is 46.7 cm³/mol. The van der Waals surface area contributed by atoms with E-state index in [9.17, 15) is 4.79 Å². The number of fused-ring (bicyclic) bond motifs is 1. The van der Waals surface area contributed by atoms with E-state index in [1.54, 1.807) is 0 Å². The second-order valence-corrected chi connectivity index (χ2v) is 3.01. The van der Waals surface area contributed by atoms with Crippen LogP contribution >= 0.6 is 0 Å². The zero-order valence-corrected chi connectivity index (χ0v) is 6.76. The molecule has 0 unspecified atom stereocenters. The van der Waals surface area contributed by atoms with Gasteiger partial charge in [0.05, 0.1) is 0 Å². The summed E-state index contributed by atoms with van der Waals surface area (Å²) in [6, 6.07) is 5.75. The minimum Gasteiger partial charge on any atom is -0.309 e. The molecule has 0 fully saturated rings. The largest absolute Gasteiger partial charge is 0.309 e. The molecular formula is C10H10NO. The van der Waals surface area contributed by atoms with Gasteiger partial charge in [-0.15, -0.1) is 0 Å². The molecule has 0 spiro atoms. The van der Waals surface area contributed by atoms with Crippen molar-refractivity contribution in [1.29, 1.82) is 0 Å². The molecule has 1 aliphatic rings. The van der Waals surface area contributed by atoms with E-state index in [4.69, 9.17) is 0 Å². The number of rotatable bonds is 1. The molecule has 0 saturated carbocycles. The summed E-state index contributed by atoms with van der Waals surface area (Å²) in [5.74, 6) is -0.107. The molecule has 0 amide bonds. The lowest BCUT2D eigenvalue weighted by Crippen LogP contribution is -2.00. The van der Waals surface area contributed by atoms with Crippen molar-refractivity contribution in [3.05, 3.63) is 41.8 Å². The molecule has 61 valence electrons. The predicted octanol–water partition coefficient (Wildman–Crippen LogP) is 1.31. The van der Waals surface area contributed by atoms with Crippen molar-refractivity contribution in [2.75, 3.05) is 0 Å². The zero-order chi connectivity index (χ0) is 8.55. The molecule has 1 aromatic rings. The molecule has 0 saturated heterocycles. The molecule has 1 radical (unpaired) electrons. The third-order valence-corrected chi connectivity index (χ3v) is 2.16. The number of hydrogen-bond donors (Lipinski definition) is 1. The molecule has 2 nitrogen and oxygen atoms in total. The van der Waals surface area contributed by atoms with E-state index in [-0.39, 0.29) is 5.78 Å². The molecule has 0 aromatic heterocycles. The Morgan fingerprint density at radius 2 is 2.08 bits per heavy atom. The van der Waals surface area contributed by atoms with Crippen molar-refractivity contribution >= 4 is 5.78 Å². The molecule has 2 rings (SSSR count). The summed E-state index contributed by atoms with van der Waals surface area (Å²) in [7, 11) is 0. The van der Waals surface area contributed by atoms with Gasteiger partial charge in [-0.3, -0.25) is 4.79 Å². The van der Waals surface area contributed by atoms with Gasteiger partial charge in [0.15, 0.2) is 5.78 Å². The topological polar surface area (TPSA) is 29.1 Å². The highest BCUT2D eigenvalue weighted by molar-refractivity contribution is 5.99. The second kappa shape index (κ2) is 2.72. The van der Waals surface area contributed by atoms with Crippen molar-refractivity contribution in [2.45, 2.75) is 13.1 Å². The van der Waals surface area contributed by atoms with Crippen LogP contribution in [0.25, 0.3) is 0 Å². The molecule has 0 bridgehead atoms. The van der Waals surface area contributed by atoms with Gasteiger partial charge in [0.2, 0.25) is 0 Å². The van der Waals surface area contributed by atoms with Gasteiger partial charge in [-0.25, -0.2) is 0 Å². The maximum atomic E-state index is 10.9. The molecule has 12 heavy (non-hydrogen) atoms. The standard InChI is InChI=1S/C10H10NO/c1-7(12)8-2-3-9-5-11-6-10(9)4-8/h2-4,11H,1,5-6H2. The SMILES string of the molecule is [CH2]C(=O)c1ccc2c(c1)CNC2. The van der Waals surface area contributed by atoms with Crippen molar-refractivity contribution in [3.63, 3.8) is 0 Å². The van der Waals surface area contributed by atoms with Gasteiger partial charge in [-0.2, -0.15) is 0 Å². The summed E-state index contributed by atoms with van der Waals surface area (Å²) in [5.41, 5.74) is 3.22. The molecule has 0 atom stereocenters. The van der Waals surface area contributed by atoms with Crippen molar-refractivity contribution in [3.8, 4) is 0 Å². The van der Waals surface area contributed by atoms with Crippen LogP contribution in [0.3, 0.4) is 0 Å². The lowest BCUT2D eigenvalue weighted by molar-refractivity contribution is 0.104. The molecular weight excluding hydrogens is 150 g/mol. The average molecular weight is 160 g/mol. The Bertz CT molecular complexity index is 331. The van der Waals surface area contributed by atoms with Crippen LogP contribution in [0.2, 0.25) is 0 Å². The number of benzene rings is 1. The first-order chi connectivity index (χ1) is 5.77. The first kappa shape index (κ1) is 7.50. The van der Waals surface area contributed by atoms with E-state index in [2.05, 4.69) is 12.2 Å². The van der Waals surface area contributed by atoms with Gasteiger partial charge in [-0.05, 0) is 17.2 Å². The zero-order valence-electron chi connectivity index (χ0n) is 6.76. The van der Waals surface area contributed by atoms with E-state index in [0.717, 1.165) is 13.1 Å². The van der Waals surface area contributed by atoms with E-state index in [1.807, 2.05) is 18.2 Å². The van der Waals surface area contributed by atoms with Crippen molar-refractivity contribution < 1.29 is 4.79 Å².